The van der Waals surface area contributed by atoms with E-state index < -0.39 is 5.60 Å². The lowest BCUT2D eigenvalue weighted by Crippen LogP contribution is -2.26. The Bertz CT molecular complexity index is 1110. The fourth-order valence-electron chi connectivity index (χ4n) is 3.13. The minimum Gasteiger partial charge on any atom is -0.373 e. The molecule has 0 radical (unpaired) electrons. The highest BCUT2D eigenvalue weighted by molar-refractivity contribution is 5.78. The Morgan fingerprint density at radius 3 is 2.19 bits per heavy atom. The minimum atomic E-state index is -1.28. The molecule has 0 bridgehead atoms. The van der Waals surface area contributed by atoms with Crippen LogP contribution in [0.5, 0.6) is 0 Å². The predicted molar refractivity (Wildman–Crippen MR) is 109 cm³/mol. The van der Waals surface area contributed by atoms with Crippen molar-refractivity contribution in [2.45, 2.75) is 12.0 Å². The Morgan fingerprint density at radius 2 is 1.41 bits per heavy atom. The second kappa shape index (κ2) is 7.45. The monoisotopic (exact) mass is 349 g/mol. The van der Waals surface area contributed by atoms with Crippen LogP contribution in [-0.4, -0.2) is 10.1 Å². The largest absolute Gasteiger partial charge is 0.373 e. The maximum absolute atomic E-state index is 11.4. The highest BCUT2D eigenvalue weighted by atomic mass is 16.3. The molecule has 4 aromatic rings. The standard InChI is InChI=1S/C25H19NO/c27-25(22-12-5-2-6-13-22,19-20-9-3-1-4-10-20)18-17-23-16-15-21-11-7-8-14-24(21)26-23/h1-16,27H,19H2/t25-/m0/s1. The van der Waals surface area contributed by atoms with Gasteiger partial charge < -0.3 is 5.11 Å². The Hall–Kier alpha value is -3.41. The van der Waals surface area contributed by atoms with Gasteiger partial charge in [0, 0.05) is 11.8 Å². The average molecular weight is 349 g/mol. The van der Waals surface area contributed by atoms with Crippen molar-refractivity contribution in [1.82, 2.24) is 4.98 Å². The van der Waals surface area contributed by atoms with Gasteiger partial charge in [-0.3, -0.25) is 0 Å². The zero-order chi connectivity index (χ0) is 18.5. The van der Waals surface area contributed by atoms with E-state index in [0.717, 1.165) is 22.0 Å². The van der Waals surface area contributed by atoms with Gasteiger partial charge in [-0.15, -0.1) is 0 Å². The number of aromatic nitrogens is 1. The van der Waals surface area contributed by atoms with Crippen molar-refractivity contribution < 1.29 is 5.11 Å². The van der Waals surface area contributed by atoms with Crippen LogP contribution >= 0.6 is 0 Å². The van der Waals surface area contributed by atoms with E-state index in [4.69, 9.17) is 0 Å². The fraction of sp³-hybridized carbons (Fsp3) is 0.0800. The Kier molecular flexibility index (Phi) is 4.70. The second-order valence-corrected chi connectivity index (χ2v) is 6.53. The number of aliphatic hydroxyl groups is 1. The van der Waals surface area contributed by atoms with Crippen molar-refractivity contribution in [2.24, 2.45) is 0 Å². The van der Waals surface area contributed by atoms with E-state index >= 15 is 0 Å². The zero-order valence-corrected chi connectivity index (χ0v) is 14.8. The number of pyridine rings is 1. The van der Waals surface area contributed by atoms with E-state index in [0.29, 0.717) is 12.1 Å². The molecular formula is C25H19NO. The lowest BCUT2D eigenvalue weighted by Gasteiger charge is -2.23. The first-order chi connectivity index (χ1) is 13.2. The van der Waals surface area contributed by atoms with Crippen LogP contribution in [0.1, 0.15) is 16.8 Å². The second-order valence-electron chi connectivity index (χ2n) is 6.53. The summed E-state index contributed by atoms with van der Waals surface area (Å²) in [6, 6.07) is 31.3. The van der Waals surface area contributed by atoms with Crippen LogP contribution < -0.4 is 0 Å². The first kappa shape index (κ1) is 17.0. The third-order valence-electron chi connectivity index (χ3n) is 4.55. The molecule has 2 nitrogen and oxygen atoms in total. The van der Waals surface area contributed by atoms with Gasteiger partial charge in [0.1, 0.15) is 5.69 Å². The summed E-state index contributed by atoms with van der Waals surface area (Å²) >= 11 is 0. The first-order valence-electron chi connectivity index (χ1n) is 8.94. The molecule has 0 saturated heterocycles. The topological polar surface area (TPSA) is 33.1 Å². The van der Waals surface area contributed by atoms with E-state index in [1.54, 1.807) is 0 Å². The third-order valence-corrected chi connectivity index (χ3v) is 4.55. The molecule has 1 atom stereocenters. The molecule has 2 heteroatoms. The first-order valence-corrected chi connectivity index (χ1v) is 8.94. The Labute approximate surface area is 159 Å². The van der Waals surface area contributed by atoms with Gasteiger partial charge in [0.05, 0.1) is 5.52 Å². The van der Waals surface area contributed by atoms with E-state index in [1.807, 2.05) is 97.1 Å². The maximum Gasteiger partial charge on any atom is 0.155 e. The molecule has 0 saturated carbocycles. The van der Waals surface area contributed by atoms with E-state index in [9.17, 15) is 5.11 Å². The van der Waals surface area contributed by atoms with Crippen LogP contribution in [0.25, 0.3) is 10.9 Å². The van der Waals surface area contributed by atoms with Crippen molar-refractivity contribution in [3.63, 3.8) is 0 Å². The average Bonchev–Trinajstić information content (AvgIpc) is 2.73. The molecule has 1 aromatic heterocycles. The van der Waals surface area contributed by atoms with Gasteiger partial charge in [0.2, 0.25) is 0 Å². The Morgan fingerprint density at radius 1 is 0.741 bits per heavy atom. The van der Waals surface area contributed by atoms with Crippen LogP contribution in [0.4, 0.5) is 0 Å². The van der Waals surface area contributed by atoms with Gasteiger partial charge >= 0.3 is 0 Å². The molecule has 4 rings (SSSR count). The molecular weight excluding hydrogens is 330 g/mol. The molecule has 1 N–H and O–H groups in total. The number of hydrogen-bond donors (Lipinski definition) is 1. The van der Waals surface area contributed by atoms with Crippen molar-refractivity contribution in [2.75, 3.05) is 0 Å². The molecule has 0 aliphatic rings. The van der Waals surface area contributed by atoms with Crippen LogP contribution in [-0.2, 0) is 12.0 Å². The van der Waals surface area contributed by atoms with Crippen LogP contribution in [0, 0.1) is 11.8 Å². The number of rotatable bonds is 3. The summed E-state index contributed by atoms with van der Waals surface area (Å²) in [7, 11) is 0. The summed E-state index contributed by atoms with van der Waals surface area (Å²) < 4.78 is 0. The number of hydrogen-bond acceptors (Lipinski definition) is 2. The van der Waals surface area contributed by atoms with Gasteiger partial charge in [-0.25, -0.2) is 4.98 Å². The lowest BCUT2D eigenvalue weighted by molar-refractivity contribution is 0.101. The molecule has 27 heavy (non-hydrogen) atoms. The van der Waals surface area contributed by atoms with Crippen molar-refractivity contribution in [1.29, 1.82) is 0 Å². The molecule has 1 heterocycles. The van der Waals surface area contributed by atoms with Gasteiger partial charge in [0.25, 0.3) is 0 Å². The lowest BCUT2D eigenvalue weighted by atomic mass is 9.87. The number of fused-ring (bicyclic) bond motifs is 1. The molecule has 0 aliphatic carbocycles. The van der Waals surface area contributed by atoms with Gasteiger partial charge in [-0.05, 0) is 29.2 Å². The van der Waals surface area contributed by atoms with Crippen molar-refractivity contribution >= 4 is 10.9 Å². The van der Waals surface area contributed by atoms with Crippen molar-refractivity contribution in [3.8, 4) is 11.8 Å². The molecule has 130 valence electrons. The van der Waals surface area contributed by atoms with E-state index in [2.05, 4.69) is 16.8 Å². The maximum atomic E-state index is 11.4. The number of para-hydroxylation sites is 1. The Balaban J connectivity index is 1.74. The van der Waals surface area contributed by atoms with Crippen LogP contribution in [0.15, 0.2) is 97.1 Å². The fourth-order valence-corrected chi connectivity index (χ4v) is 3.13. The smallest absolute Gasteiger partial charge is 0.155 e. The molecule has 0 unspecified atom stereocenters. The van der Waals surface area contributed by atoms with Crippen LogP contribution in [0.3, 0.4) is 0 Å². The minimum absolute atomic E-state index is 0.415. The van der Waals surface area contributed by atoms with Gasteiger partial charge in [0.15, 0.2) is 5.60 Å². The SMILES string of the molecule is O[C@@](C#Cc1ccc2ccccc2n1)(Cc1ccccc1)c1ccccc1. The third kappa shape index (κ3) is 3.89. The molecule has 3 aromatic carbocycles. The number of nitrogens with zero attached hydrogens (tertiary/aromatic N) is 1. The van der Waals surface area contributed by atoms with Gasteiger partial charge in [-0.2, -0.15) is 0 Å². The summed E-state index contributed by atoms with van der Waals surface area (Å²) in [6.07, 6.45) is 0.415. The molecule has 0 aliphatic heterocycles. The highest BCUT2D eigenvalue weighted by Gasteiger charge is 2.27. The molecule has 0 spiro atoms. The molecule has 0 amide bonds. The van der Waals surface area contributed by atoms with Crippen molar-refractivity contribution in [3.05, 3.63) is 114 Å². The predicted octanol–water partition coefficient (Wildman–Crippen LogP) is 4.72. The summed E-state index contributed by atoms with van der Waals surface area (Å²) in [5.41, 5.74) is 2.08. The quantitative estimate of drug-likeness (QED) is 0.543. The summed E-state index contributed by atoms with van der Waals surface area (Å²) in [5.74, 6) is 6.17. The summed E-state index contributed by atoms with van der Waals surface area (Å²) in [5, 5.41) is 12.5. The number of benzene rings is 3. The highest BCUT2D eigenvalue weighted by Crippen LogP contribution is 2.25. The van der Waals surface area contributed by atoms with E-state index in [1.165, 1.54) is 0 Å². The molecule has 0 fully saturated rings. The van der Waals surface area contributed by atoms with E-state index in [-0.39, 0.29) is 0 Å². The summed E-state index contributed by atoms with van der Waals surface area (Å²) in [4.78, 5) is 4.59. The van der Waals surface area contributed by atoms with Gasteiger partial charge in [-0.1, -0.05) is 90.8 Å². The normalized spacial score (nSPS) is 12.8. The summed E-state index contributed by atoms with van der Waals surface area (Å²) in [6.45, 7) is 0. The zero-order valence-electron chi connectivity index (χ0n) is 14.8. The van der Waals surface area contributed by atoms with Crippen LogP contribution in [0.2, 0.25) is 0 Å².